The van der Waals surface area contributed by atoms with Crippen molar-refractivity contribution in [2.45, 2.75) is 101 Å². The van der Waals surface area contributed by atoms with Crippen LogP contribution in [0.1, 0.15) is 33.4 Å². The van der Waals surface area contributed by atoms with Crippen molar-refractivity contribution in [3.8, 4) is 0 Å². The third-order valence-electron chi connectivity index (χ3n) is 12.0. The Morgan fingerprint density at radius 2 is 0.771 bits per heavy atom. The number of nitrogens with zero attached hydrogens (tertiary/aromatic N) is 3. The summed E-state index contributed by atoms with van der Waals surface area (Å²) in [6.07, 6.45) is -9.99. The highest BCUT2D eigenvalue weighted by molar-refractivity contribution is 5.18. The molecule has 2 heterocycles. The summed E-state index contributed by atoms with van der Waals surface area (Å²) in [5.74, 6) is 0. The maximum absolute atomic E-state index is 12.6. The molecule has 6 aromatic carbocycles. The van der Waals surface area contributed by atoms with Crippen LogP contribution in [0.5, 0.6) is 0 Å². The zero-order chi connectivity index (χ0) is 48.0. The van der Waals surface area contributed by atoms with Crippen molar-refractivity contribution in [3.63, 3.8) is 0 Å². The molecule has 0 radical (unpaired) electrons. The first-order valence-electron chi connectivity index (χ1n) is 23.7. The van der Waals surface area contributed by atoms with Gasteiger partial charge in [0.2, 0.25) is 0 Å². The van der Waals surface area contributed by atoms with E-state index in [1.54, 1.807) is 0 Å². The molecule has 0 saturated carbocycles. The van der Waals surface area contributed by atoms with Gasteiger partial charge in [-0.3, -0.25) is 0 Å². The number of ether oxygens (including phenoxy) is 10. The minimum atomic E-state index is -1.26. The number of hydrogen-bond donors (Lipinski definition) is 1. The maximum Gasteiger partial charge on any atom is 0.187 e. The van der Waals surface area contributed by atoms with Gasteiger partial charge in [-0.25, -0.2) is 0 Å². The average Bonchev–Trinajstić information content (AvgIpc) is 3.41. The molecular formula is C56H61N3O11. The Morgan fingerprint density at radius 3 is 1.20 bits per heavy atom. The summed E-state index contributed by atoms with van der Waals surface area (Å²) >= 11 is 0. The summed E-state index contributed by atoms with van der Waals surface area (Å²) in [5, 5.41) is 16.3. The molecule has 0 bridgehead atoms. The molecule has 2 aliphatic rings. The average molecular weight is 952 g/mol. The molecular weight excluding hydrogens is 891 g/mol. The Hall–Kier alpha value is -5.81. The summed E-state index contributed by atoms with van der Waals surface area (Å²) in [5.41, 5.74) is 14.7. The molecule has 70 heavy (non-hydrogen) atoms. The van der Waals surface area contributed by atoms with Gasteiger partial charge in [0, 0.05) is 11.5 Å². The number of rotatable bonds is 26. The quantitative estimate of drug-likeness (QED) is 0.0239. The van der Waals surface area contributed by atoms with Gasteiger partial charge in [0.25, 0.3) is 0 Å². The molecule has 0 unspecified atom stereocenters. The number of azide groups is 1. The van der Waals surface area contributed by atoms with Crippen LogP contribution in [0, 0.1) is 0 Å². The highest BCUT2D eigenvalue weighted by Crippen LogP contribution is 2.36. The predicted molar refractivity (Wildman–Crippen MR) is 260 cm³/mol. The monoisotopic (exact) mass is 951 g/mol. The van der Waals surface area contributed by atoms with E-state index in [4.69, 9.17) is 52.9 Å². The second kappa shape index (κ2) is 27.5. The molecule has 0 spiro atoms. The van der Waals surface area contributed by atoms with Gasteiger partial charge in [0.05, 0.1) is 59.5 Å². The van der Waals surface area contributed by atoms with E-state index in [0.717, 1.165) is 33.4 Å². The topological polar surface area (TPSA) is 161 Å². The van der Waals surface area contributed by atoms with Crippen molar-refractivity contribution < 1.29 is 52.5 Å². The lowest BCUT2D eigenvalue weighted by Crippen LogP contribution is -2.66. The van der Waals surface area contributed by atoms with E-state index in [2.05, 4.69) is 10.0 Å². The number of hydrogen-bond acceptors (Lipinski definition) is 12. The van der Waals surface area contributed by atoms with E-state index < -0.39 is 61.4 Å². The molecule has 14 nitrogen and oxygen atoms in total. The molecule has 366 valence electrons. The largest absolute Gasteiger partial charge is 0.387 e. The number of benzene rings is 6. The first kappa shape index (κ1) is 50.6. The standard InChI is InChI=1S/C56H61N3O11/c57-59-58-31-32-63-55-54(67-38-46-29-17-6-18-30-46)53(66-37-45-27-15-5-16-28-45)51(48(68-55)40-62-34-42-21-9-2-10-22-42)70-56-52(65-36-44-25-13-4-14-26-44)49(60)50(64-35-43-23-11-3-12-24-43)47(69-56)39-61-33-41-19-7-1-8-20-41/h1-30,47-56,60H,31-40H2/t47-,48-,49+,50+,51-,52-,53+,54-,55-,56+/m1/s1. The second-order valence-corrected chi connectivity index (χ2v) is 17.0. The van der Waals surface area contributed by atoms with Gasteiger partial charge < -0.3 is 52.5 Å². The van der Waals surface area contributed by atoms with Gasteiger partial charge in [0.15, 0.2) is 12.6 Å². The molecule has 2 aliphatic heterocycles. The second-order valence-electron chi connectivity index (χ2n) is 17.0. The number of aliphatic hydroxyl groups excluding tert-OH is 1. The van der Waals surface area contributed by atoms with Gasteiger partial charge in [-0.15, -0.1) is 0 Å². The lowest BCUT2D eigenvalue weighted by molar-refractivity contribution is -0.375. The Morgan fingerprint density at radius 1 is 0.414 bits per heavy atom. The SMILES string of the molecule is [N-]=[N+]=NCCO[C@@H]1O[C@H](COCc2ccccc2)[C@@H](O[C@@H]2O[C@H](COCc3ccccc3)[C@H](OCc3ccccc3)[C@H](O)[C@H]2OCc2ccccc2)[C@H](OCc2ccccc2)[C@H]1OCc1ccccc1. The minimum absolute atomic E-state index is 0.0314. The third-order valence-corrected chi connectivity index (χ3v) is 12.0. The number of aliphatic hydroxyl groups is 1. The van der Waals surface area contributed by atoms with Gasteiger partial charge in [-0.2, -0.15) is 0 Å². The van der Waals surface area contributed by atoms with Crippen LogP contribution in [-0.2, 0) is 87.0 Å². The zero-order valence-corrected chi connectivity index (χ0v) is 39.0. The molecule has 0 amide bonds. The lowest BCUT2D eigenvalue weighted by atomic mass is 9.96. The smallest absolute Gasteiger partial charge is 0.187 e. The van der Waals surface area contributed by atoms with Crippen molar-refractivity contribution in [1.82, 2.24) is 0 Å². The molecule has 0 aliphatic carbocycles. The summed E-state index contributed by atoms with van der Waals surface area (Å²) < 4.78 is 67.2. The van der Waals surface area contributed by atoms with Crippen LogP contribution in [0.25, 0.3) is 10.4 Å². The fourth-order valence-corrected chi connectivity index (χ4v) is 8.41. The first-order chi connectivity index (χ1) is 34.6. The molecule has 8 rings (SSSR count). The van der Waals surface area contributed by atoms with Crippen molar-refractivity contribution in [3.05, 3.63) is 226 Å². The van der Waals surface area contributed by atoms with Gasteiger partial charge in [0.1, 0.15) is 48.8 Å². The van der Waals surface area contributed by atoms with Crippen LogP contribution in [0.3, 0.4) is 0 Å². The Balaban J connectivity index is 1.15. The van der Waals surface area contributed by atoms with Gasteiger partial charge in [-0.1, -0.05) is 187 Å². The van der Waals surface area contributed by atoms with E-state index in [1.165, 1.54) is 0 Å². The Bertz CT molecular complexity index is 2410. The maximum atomic E-state index is 12.6. The summed E-state index contributed by atoms with van der Waals surface area (Å²) in [7, 11) is 0. The Kier molecular flexibility index (Phi) is 19.9. The zero-order valence-electron chi connectivity index (χ0n) is 39.0. The van der Waals surface area contributed by atoms with Crippen LogP contribution >= 0.6 is 0 Å². The van der Waals surface area contributed by atoms with Gasteiger partial charge >= 0.3 is 0 Å². The predicted octanol–water partition coefficient (Wildman–Crippen LogP) is 9.28. The van der Waals surface area contributed by atoms with Crippen molar-refractivity contribution in [2.75, 3.05) is 26.4 Å². The fraction of sp³-hybridized carbons (Fsp3) is 0.357. The van der Waals surface area contributed by atoms with Crippen LogP contribution in [0.15, 0.2) is 187 Å². The van der Waals surface area contributed by atoms with Crippen LogP contribution in [0.4, 0.5) is 0 Å². The normalized spacial score (nSPS) is 24.4. The van der Waals surface area contributed by atoms with Crippen LogP contribution in [0.2, 0.25) is 0 Å². The third kappa shape index (κ3) is 15.1. The summed E-state index contributed by atoms with van der Waals surface area (Å²) in [6.45, 7) is 1.45. The van der Waals surface area contributed by atoms with Crippen molar-refractivity contribution >= 4 is 0 Å². The molecule has 2 saturated heterocycles. The molecule has 10 atom stereocenters. The van der Waals surface area contributed by atoms with E-state index in [-0.39, 0.29) is 59.4 Å². The van der Waals surface area contributed by atoms with Crippen molar-refractivity contribution in [2.24, 2.45) is 5.11 Å². The van der Waals surface area contributed by atoms with E-state index in [0.29, 0.717) is 6.61 Å². The fourth-order valence-electron chi connectivity index (χ4n) is 8.41. The Labute approximate surface area is 409 Å². The first-order valence-corrected chi connectivity index (χ1v) is 23.7. The van der Waals surface area contributed by atoms with E-state index in [9.17, 15) is 5.11 Å². The van der Waals surface area contributed by atoms with Gasteiger partial charge in [-0.05, 0) is 38.9 Å². The highest BCUT2D eigenvalue weighted by atomic mass is 16.8. The molecule has 1 N–H and O–H groups in total. The van der Waals surface area contributed by atoms with Crippen LogP contribution < -0.4 is 0 Å². The summed E-state index contributed by atoms with van der Waals surface area (Å²) in [4.78, 5) is 2.92. The molecule has 0 aromatic heterocycles. The molecule has 2 fully saturated rings. The summed E-state index contributed by atoms with van der Waals surface area (Å²) in [6, 6.07) is 58.7. The molecule has 6 aromatic rings. The van der Waals surface area contributed by atoms with Crippen molar-refractivity contribution in [1.29, 1.82) is 0 Å². The van der Waals surface area contributed by atoms with E-state index >= 15 is 0 Å². The van der Waals surface area contributed by atoms with Crippen LogP contribution in [-0.4, -0.2) is 92.9 Å². The highest BCUT2D eigenvalue weighted by Gasteiger charge is 2.54. The molecule has 14 heteroatoms. The van der Waals surface area contributed by atoms with E-state index in [1.807, 2.05) is 182 Å². The minimum Gasteiger partial charge on any atom is -0.387 e. The lowest BCUT2D eigenvalue weighted by Gasteiger charge is -2.49.